The molecule has 1 saturated heterocycles. The molecule has 0 amide bonds. The summed E-state index contributed by atoms with van der Waals surface area (Å²) in [5.41, 5.74) is 2.03. The summed E-state index contributed by atoms with van der Waals surface area (Å²) in [5.74, 6) is 0.686. The molecule has 20 heavy (non-hydrogen) atoms. The Bertz CT molecular complexity index is 690. The number of benzene rings is 2. The number of epoxide rings is 1. The summed E-state index contributed by atoms with van der Waals surface area (Å²) in [7, 11) is 0. The van der Waals surface area contributed by atoms with E-state index in [2.05, 4.69) is 0 Å². The molecule has 2 aromatic rings. The highest BCUT2D eigenvalue weighted by Crippen LogP contribution is 2.54. The van der Waals surface area contributed by atoms with Gasteiger partial charge in [-0.2, -0.15) is 0 Å². The monoisotopic (exact) mass is 266 g/mol. The summed E-state index contributed by atoms with van der Waals surface area (Å²) >= 11 is 0. The van der Waals surface area contributed by atoms with E-state index in [4.69, 9.17) is 9.47 Å². The van der Waals surface area contributed by atoms with E-state index >= 15 is 0 Å². The first kappa shape index (κ1) is 11.7. The fourth-order valence-electron chi connectivity index (χ4n) is 2.80. The summed E-state index contributed by atoms with van der Waals surface area (Å²) in [4.78, 5) is 12.6. The van der Waals surface area contributed by atoms with E-state index in [1.165, 1.54) is 5.56 Å². The zero-order valence-electron chi connectivity index (χ0n) is 11.1. The maximum absolute atomic E-state index is 12.6. The van der Waals surface area contributed by atoms with Crippen molar-refractivity contribution in [2.45, 2.75) is 18.6 Å². The predicted octanol–water partition coefficient (Wildman–Crippen LogP) is 3.08. The summed E-state index contributed by atoms with van der Waals surface area (Å²) in [6, 6.07) is 15.4. The van der Waals surface area contributed by atoms with Crippen LogP contribution in [0.5, 0.6) is 5.75 Å². The zero-order chi connectivity index (χ0) is 13.7. The Morgan fingerprint density at radius 1 is 1.10 bits per heavy atom. The molecule has 2 atom stereocenters. The molecule has 2 aromatic carbocycles. The van der Waals surface area contributed by atoms with Gasteiger partial charge in [-0.3, -0.25) is 4.79 Å². The van der Waals surface area contributed by atoms with E-state index in [-0.39, 0.29) is 11.9 Å². The SMILES string of the molecule is Cc1ccc([C@H]2O[C@@]23COc2ccccc2C3=O)cc1. The Morgan fingerprint density at radius 3 is 2.65 bits per heavy atom. The fraction of sp³-hybridized carbons (Fsp3) is 0.235. The molecule has 0 radical (unpaired) electrons. The maximum Gasteiger partial charge on any atom is 0.205 e. The number of para-hydroxylation sites is 1. The first-order valence-electron chi connectivity index (χ1n) is 6.72. The van der Waals surface area contributed by atoms with Crippen LogP contribution < -0.4 is 4.74 Å². The molecule has 0 saturated carbocycles. The van der Waals surface area contributed by atoms with Gasteiger partial charge in [0.1, 0.15) is 18.5 Å². The van der Waals surface area contributed by atoms with E-state index in [0.29, 0.717) is 17.9 Å². The van der Waals surface area contributed by atoms with E-state index in [9.17, 15) is 4.79 Å². The number of Topliss-reactive ketones (excluding diaryl/α,β-unsaturated/α-hetero) is 1. The van der Waals surface area contributed by atoms with Crippen LogP contribution in [0, 0.1) is 6.92 Å². The lowest BCUT2D eigenvalue weighted by atomic mass is 9.89. The molecule has 3 nitrogen and oxygen atoms in total. The standard InChI is InChI=1S/C17H14O3/c1-11-6-8-12(9-7-11)16-17(20-16)10-19-14-5-3-2-4-13(14)15(17)18/h2-9,16H,10H2,1H3/t16-,17-/m1/s1. The average Bonchev–Trinajstić information content (AvgIpc) is 3.20. The third-order valence-electron chi connectivity index (χ3n) is 4.03. The Labute approximate surface area is 117 Å². The van der Waals surface area contributed by atoms with E-state index in [1.807, 2.05) is 49.4 Å². The largest absolute Gasteiger partial charge is 0.489 e. The lowest BCUT2D eigenvalue weighted by Crippen LogP contribution is -2.37. The number of aryl methyl sites for hydroxylation is 1. The minimum absolute atomic E-state index is 0.0323. The van der Waals surface area contributed by atoms with Crippen molar-refractivity contribution < 1.29 is 14.3 Å². The summed E-state index contributed by atoms with van der Waals surface area (Å²) in [6.45, 7) is 2.33. The highest BCUT2D eigenvalue weighted by molar-refractivity contribution is 6.07. The first-order valence-corrected chi connectivity index (χ1v) is 6.72. The minimum Gasteiger partial charge on any atom is -0.489 e. The molecule has 1 spiro atoms. The van der Waals surface area contributed by atoms with Crippen molar-refractivity contribution in [3.8, 4) is 5.75 Å². The van der Waals surface area contributed by atoms with Crippen molar-refractivity contribution in [2.24, 2.45) is 0 Å². The number of carbonyl (C=O) groups excluding carboxylic acids is 1. The molecule has 2 aliphatic heterocycles. The Hall–Kier alpha value is -2.13. The van der Waals surface area contributed by atoms with Crippen molar-refractivity contribution in [1.29, 1.82) is 0 Å². The van der Waals surface area contributed by atoms with Crippen molar-refractivity contribution in [1.82, 2.24) is 0 Å². The molecule has 0 bridgehead atoms. The third kappa shape index (κ3) is 1.53. The number of hydrogen-bond donors (Lipinski definition) is 0. The predicted molar refractivity (Wildman–Crippen MR) is 74.0 cm³/mol. The van der Waals surface area contributed by atoms with Crippen LogP contribution in [0.1, 0.15) is 27.6 Å². The molecule has 100 valence electrons. The van der Waals surface area contributed by atoms with Crippen LogP contribution >= 0.6 is 0 Å². The Balaban J connectivity index is 1.69. The Morgan fingerprint density at radius 2 is 1.85 bits per heavy atom. The number of ketones is 1. The molecule has 0 unspecified atom stereocenters. The van der Waals surface area contributed by atoms with Gasteiger partial charge in [0.25, 0.3) is 0 Å². The van der Waals surface area contributed by atoms with Gasteiger partial charge in [-0.1, -0.05) is 42.0 Å². The second-order valence-electron chi connectivity index (χ2n) is 5.41. The molecular weight excluding hydrogens is 252 g/mol. The van der Waals surface area contributed by atoms with Gasteiger partial charge in [0.2, 0.25) is 5.78 Å². The van der Waals surface area contributed by atoms with Gasteiger partial charge in [0.15, 0.2) is 5.60 Å². The molecule has 0 N–H and O–H groups in total. The van der Waals surface area contributed by atoms with E-state index in [1.54, 1.807) is 6.07 Å². The molecular formula is C17H14O3. The van der Waals surface area contributed by atoms with Crippen LogP contribution in [0.3, 0.4) is 0 Å². The first-order chi connectivity index (χ1) is 9.71. The number of fused-ring (bicyclic) bond motifs is 1. The van der Waals surface area contributed by atoms with Gasteiger partial charge in [-0.05, 0) is 24.6 Å². The molecule has 0 aromatic heterocycles. The van der Waals surface area contributed by atoms with Crippen molar-refractivity contribution in [3.05, 3.63) is 65.2 Å². The van der Waals surface area contributed by atoms with E-state index in [0.717, 1.165) is 5.56 Å². The van der Waals surface area contributed by atoms with Crippen molar-refractivity contribution in [3.63, 3.8) is 0 Å². The molecule has 3 heteroatoms. The number of carbonyl (C=O) groups is 1. The smallest absolute Gasteiger partial charge is 0.205 e. The maximum atomic E-state index is 12.6. The number of ether oxygens (including phenoxy) is 2. The summed E-state index contributed by atoms with van der Waals surface area (Å²) < 4.78 is 11.5. The molecule has 2 aliphatic rings. The van der Waals surface area contributed by atoms with Crippen LogP contribution in [0.2, 0.25) is 0 Å². The number of rotatable bonds is 1. The molecule has 1 fully saturated rings. The molecule has 4 rings (SSSR count). The quantitative estimate of drug-likeness (QED) is 0.744. The fourth-order valence-corrected chi connectivity index (χ4v) is 2.80. The van der Waals surface area contributed by atoms with Crippen molar-refractivity contribution in [2.75, 3.05) is 6.61 Å². The van der Waals surface area contributed by atoms with Crippen LogP contribution in [-0.4, -0.2) is 18.0 Å². The number of hydrogen-bond acceptors (Lipinski definition) is 3. The normalized spacial score (nSPS) is 27.1. The van der Waals surface area contributed by atoms with Gasteiger partial charge >= 0.3 is 0 Å². The third-order valence-corrected chi connectivity index (χ3v) is 4.03. The van der Waals surface area contributed by atoms with Gasteiger partial charge in [-0.15, -0.1) is 0 Å². The topological polar surface area (TPSA) is 38.8 Å². The van der Waals surface area contributed by atoms with Crippen LogP contribution in [-0.2, 0) is 4.74 Å². The van der Waals surface area contributed by atoms with Crippen LogP contribution in [0.4, 0.5) is 0 Å². The van der Waals surface area contributed by atoms with E-state index < -0.39 is 5.60 Å². The lowest BCUT2D eigenvalue weighted by molar-refractivity contribution is 0.0755. The van der Waals surface area contributed by atoms with Gasteiger partial charge in [0, 0.05) is 0 Å². The van der Waals surface area contributed by atoms with Gasteiger partial charge in [0.05, 0.1) is 5.56 Å². The summed E-state index contributed by atoms with van der Waals surface area (Å²) in [6.07, 6.45) is -0.191. The second-order valence-corrected chi connectivity index (χ2v) is 5.41. The summed E-state index contributed by atoms with van der Waals surface area (Å²) in [5, 5.41) is 0. The zero-order valence-corrected chi connectivity index (χ0v) is 11.1. The second kappa shape index (κ2) is 3.93. The Kier molecular flexibility index (Phi) is 2.30. The molecule has 2 heterocycles. The molecule has 0 aliphatic carbocycles. The van der Waals surface area contributed by atoms with Crippen LogP contribution in [0.15, 0.2) is 48.5 Å². The van der Waals surface area contributed by atoms with Crippen LogP contribution in [0.25, 0.3) is 0 Å². The highest BCUT2D eigenvalue weighted by Gasteiger charge is 2.65. The van der Waals surface area contributed by atoms with Gasteiger partial charge < -0.3 is 9.47 Å². The highest BCUT2D eigenvalue weighted by atomic mass is 16.6. The lowest BCUT2D eigenvalue weighted by Gasteiger charge is -2.21. The van der Waals surface area contributed by atoms with Crippen molar-refractivity contribution >= 4 is 5.78 Å². The minimum atomic E-state index is -0.816. The van der Waals surface area contributed by atoms with Gasteiger partial charge in [-0.25, -0.2) is 0 Å². The average molecular weight is 266 g/mol.